The zero-order valence-corrected chi connectivity index (χ0v) is 15.6. The van der Waals surface area contributed by atoms with Crippen molar-refractivity contribution in [1.82, 2.24) is 9.80 Å². The second-order valence-corrected chi connectivity index (χ2v) is 6.89. The molecule has 0 spiro atoms. The molecule has 0 N–H and O–H groups in total. The summed E-state index contributed by atoms with van der Waals surface area (Å²) in [5, 5.41) is 0. The van der Waals surface area contributed by atoms with Crippen molar-refractivity contribution in [2.45, 2.75) is 45.7 Å². The molecule has 4 nitrogen and oxygen atoms in total. The van der Waals surface area contributed by atoms with Crippen LogP contribution in [0.2, 0.25) is 0 Å². The third-order valence-corrected chi connectivity index (χ3v) is 4.92. The number of aryl methyl sites for hydroxylation is 1. The van der Waals surface area contributed by atoms with Gasteiger partial charge >= 0.3 is 0 Å². The molecule has 132 valence electrons. The lowest BCUT2D eigenvalue weighted by Gasteiger charge is -2.38. The molecule has 0 aliphatic carbocycles. The molecule has 0 saturated carbocycles. The van der Waals surface area contributed by atoms with Gasteiger partial charge in [-0.2, -0.15) is 0 Å². The topological polar surface area (TPSA) is 32.8 Å². The lowest BCUT2D eigenvalue weighted by molar-refractivity contribution is -0.127. The van der Waals surface area contributed by atoms with Gasteiger partial charge in [-0.1, -0.05) is 11.6 Å². The molecule has 24 heavy (non-hydrogen) atoms. The highest BCUT2D eigenvalue weighted by Gasteiger charge is 2.25. The van der Waals surface area contributed by atoms with E-state index in [1.807, 2.05) is 43.1 Å². The van der Waals surface area contributed by atoms with Crippen LogP contribution >= 0.6 is 0 Å². The van der Waals surface area contributed by atoms with E-state index in [4.69, 9.17) is 4.74 Å². The first-order valence-electron chi connectivity index (χ1n) is 8.76. The van der Waals surface area contributed by atoms with Crippen LogP contribution in [0.5, 0.6) is 5.75 Å². The van der Waals surface area contributed by atoms with Gasteiger partial charge in [-0.05, 0) is 51.8 Å². The van der Waals surface area contributed by atoms with Crippen LogP contribution in [0, 0.1) is 6.92 Å². The number of carbonyl (C=O) groups is 1. The third kappa shape index (κ3) is 4.60. The summed E-state index contributed by atoms with van der Waals surface area (Å²) in [5.41, 5.74) is 2.09. The van der Waals surface area contributed by atoms with Gasteiger partial charge in [0, 0.05) is 43.9 Å². The lowest BCUT2D eigenvalue weighted by Crippen LogP contribution is -2.47. The molecular weight excluding hydrogens is 300 g/mol. The van der Waals surface area contributed by atoms with E-state index < -0.39 is 0 Å². The summed E-state index contributed by atoms with van der Waals surface area (Å²) in [4.78, 5) is 16.9. The van der Waals surface area contributed by atoms with E-state index in [9.17, 15) is 4.79 Å². The molecule has 0 aromatic heterocycles. The molecular formula is C20H30N2O2. The number of ether oxygens (including phenoxy) is 1. The maximum Gasteiger partial charge on any atom is 0.246 e. The van der Waals surface area contributed by atoms with Crippen LogP contribution < -0.4 is 4.74 Å². The van der Waals surface area contributed by atoms with Crippen LogP contribution in [0.3, 0.4) is 0 Å². The minimum absolute atomic E-state index is 0.0570. The summed E-state index contributed by atoms with van der Waals surface area (Å²) in [7, 11) is 3.56. The molecule has 0 unspecified atom stereocenters. The average molecular weight is 330 g/mol. The summed E-state index contributed by atoms with van der Waals surface area (Å²) < 4.78 is 5.36. The monoisotopic (exact) mass is 330 g/mol. The zero-order valence-electron chi connectivity index (χ0n) is 15.6. The molecule has 4 heteroatoms. The van der Waals surface area contributed by atoms with Crippen molar-refractivity contribution >= 4 is 12.0 Å². The number of benzene rings is 1. The summed E-state index contributed by atoms with van der Waals surface area (Å²) >= 11 is 0. The Morgan fingerprint density at radius 1 is 1.33 bits per heavy atom. The molecule has 2 rings (SSSR count). The highest BCUT2D eigenvalue weighted by Crippen LogP contribution is 2.22. The number of carbonyl (C=O) groups excluding carboxylic acids is 1. The number of piperidine rings is 1. The molecule has 1 aliphatic heterocycles. The lowest BCUT2D eigenvalue weighted by atomic mass is 10.0. The Morgan fingerprint density at radius 3 is 2.58 bits per heavy atom. The maximum atomic E-state index is 12.5. The van der Waals surface area contributed by atoms with Crippen molar-refractivity contribution in [1.29, 1.82) is 0 Å². The molecule has 0 radical (unpaired) electrons. The SMILES string of the molecule is COc1ccc(C)cc1/C=C/C(=O)N(C)C1CCN(C(C)C)CC1. The van der Waals surface area contributed by atoms with Gasteiger partial charge in [0.25, 0.3) is 0 Å². The summed E-state index contributed by atoms with van der Waals surface area (Å²) in [5.74, 6) is 0.846. The Bertz CT molecular complexity index is 587. The van der Waals surface area contributed by atoms with E-state index >= 15 is 0 Å². The second kappa shape index (κ2) is 8.34. The molecule has 1 amide bonds. The second-order valence-electron chi connectivity index (χ2n) is 6.89. The Balaban J connectivity index is 1.98. The standard InChI is InChI=1S/C20H30N2O2/c1-15(2)22-12-10-18(11-13-22)21(4)20(23)9-7-17-14-16(3)6-8-19(17)24-5/h6-9,14-15,18H,10-13H2,1-5H3/b9-7+. The van der Waals surface area contributed by atoms with E-state index in [-0.39, 0.29) is 5.91 Å². The Hall–Kier alpha value is -1.81. The molecule has 0 atom stereocenters. The van der Waals surface area contributed by atoms with E-state index in [0.717, 1.165) is 42.8 Å². The first-order valence-corrected chi connectivity index (χ1v) is 8.76. The van der Waals surface area contributed by atoms with Crippen molar-refractivity contribution in [3.8, 4) is 5.75 Å². The van der Waals surface area contributed by atoms with E-state index in [0.29, 0.717) is 12.1 Å². The number of rotatable bonds is 5. The van der Waals surface area contributed by atoms with Crippen LogP contribution in [-0.4, -0.2) is 55.0 Å². The van der Waals surface area contributed by atoms with Gasteiger partial charge in [-0.15, -0.1) is 0 Å². The molecule has 0 bridgehead atoms. The number of amides is 1. The molecule has 1 aromatic carbocycles. The first-order chi connectivity index (χ1) is 11.4. The van der Waals surface area contributed by atoms with Crippen molar-refractivity contribution < 1.29 is 9.53 Å². The normalized spacial score (nSPS) is 16.8. The molecule has 1 aromatic rings. The predicted octanol–water partition coefficient (Wildman–Crippen LogP) is 3.35. The number of methoxy groups -OCH3 is 1. The quantitative estimate of drug-likeness (QED) is 0.776. The number of nitrogens with zero attached hydrogens (tertiary/aromatic N) is 2. The van der Waals surface area contributed by atoms with Gasteiger partial charge in [-0.25, -0.2) is 0 Å². The van der Waals surface area contributed by atoms with Crippen LogP contribution in [0.15, 0.2) is 24.3 Å². The van der Waals surface area contributed by atoms with Gasteiger partial charge in [0.05, 0.1) is 7.11 Å². The van der Waals surface area contributed by atoms with E-state index in [1.165, 1.54) is 0 Å². The zero-order chi connectivity index (χ0) is 17.7. The average Bonchev–Trinajstić information content (AvgIpc) is 2.59. The van der Waals surface area contributed by atoms with Gasteiger partial charge < -0.3 is 14.5 Å². The third-order valence-electron chi connectivity index (χ3n) is 4.92. The molecule has 1 saturated heterocycles. The predicted molar refractivity (Wildman–Crippen MR) is 99.3 cm³/mol. The highest BCUT2D eigenvalue weighted by atomic mass is 16.5. The molecule has 1 heterocycles. The fourth-order valence-electron chi connectivity index (χ4n) is 3.23. The minimum atomic E-state index is 0.0570. The largest absolute Gasteiger partial charge is 0.496 e. The Morgan fingerprint density at radius 2 is 2.00 bits per heavy atom. The fourth-order valence-corrected chi connectivity index (χ4v) is 3.23. The van der Waals surface area contributed by atoms with Gasteiger partial charge in [0.15, 0.2) is 0 Å². The minimum Gasteiger partial charge on any atom is -0.496 e. The van der Waals surface area contributed by atoms with Crippen LogP contribution in [0.4, 0.5) is 0 Å². The first kappa shape index (κ1) is 18.5. The maximum absolute atomic E-state index is 12.5. The van der Waals surface area contributed by atoms with Crippen LogP contribution in [-0.2, 0) is 4.79 Å². The van der Waals surface area contributed by atoms with Crippen molar-refractivity contribution in [2.24, 2.45) is 0 Å². The van der Waals surface area contributed by atoms with Gasteiger partial charge in [-0.3, -0.25) is 4.79 Å². The number of likely N-dealkylation sites (N-methyl/N-ethyl adjacent to an activating group) is 1. The summed E-state index contributed by atoms with van der Waals surface area (Å²) in [6.45, 7) is 8.62. The number of likely N-dealkylation sites (tertiary alicyclic amines) is 1. The van der Waals surface area contributed by atoms with Gasteiger partial charge in [0.1, 0.15) is 5.75 Å². The smallest absolute Gasteiger partial charge is 0.246 e. The van der Waals surface area contributed by atoms with Crippen LogP contribution in [0.1, 0.15) is 37.8 Å². The van der Waals surface area contributed by atoms with Gasteiger partial charge in [0.2, 0.25) is 5.91 Å². The summed E-state index contributed by atoms with van der Waals surface area (Å²) in [6.07, 6.45) is 5.60. The molecule has 1 fully saturated rings. The Kier molecular flexibility index (Phi) is 6.44. The van der Waals surface area contributed by atoms with E-state index in [2.05, 4.69) is 18.7 Å². The Labute approximate surface area is 146 Å². The number of hydrogen-bond donors (Lipinski definition) is 0. The highest BCUT2D eigenvalue weighted by molar-refractivity contribution is 5.92. The number of hydrogen-bond acceptors (Lipinski definition) is 3. The summed E-state index contributed by atoms with van der Waals surface area (Å²) in [6, 6.07) is 6.89. The van der Waals surface area contributed by atoms with Crippen molar-refractivity contribution in [3.05, 3.63) is 35.4 Å². The van der Waals surface area contributed by atoms with Crippen molar-refractivity contribution in [2.75, 3.05) is 27.2 Å². The molecule has 1 aliphatic rings. The van der Waals surface area contributed by atoms with Crippen molar-refractivity contribution in [3.63, 3.8) is 0 Å². The fraction of sp³-hybridized carbons (Fsp3) is 0.550. The van der Waals surface area contributed by atoms with Crippen LogP contribution in [0.25, 0.3) is 6.08 Å². The van der Waals surface area contributed by atoms with E-state index in [1.54, 1.807) is 13.2 Å².